The molecule has 2 aromatic carbocycles. The number of rotatable bonds is 5. The van der Waals surface area contributed by atoms with Crippen molar-refractivity contribution in [3.63, 3.8) is 0 Å². The first kappa shape index (κ1) is 19.6. The number of allylic oxidation sites excluding steroid dienone is 1. The molecule has 0 aliphatic carbocycles. The van der Waals surface area contributed by atoms with Crippen LogP contribution in [0.4, 0.5) is 9.18 Å². The van der Waals surface area contributed by atoms with Gasteiger partial charge in [-0.1, -0.05) is 47.1 Å². The van der Waals surface area contributed by atoms with Crippen LogP contribution in [-0.4, -0.2) is 27.6 Å². The lowest BCUT2D eigenvalue weighted by molar-refractivity contribution is 0.209. The largest absolute Gasteiger partial charge is 0.334 e. The molecule has 1 aliphatic rings. The van der Waals surface area contributed by atoms with Crippen LogP contribution < -0.4 is 5.32 Å². The molecule has 1 unspecified atom stereocenters. The van der Waals surface area contributed by atoms with Crippen LogP contribution >= 0.6 is 0 Å². The first-order valence-corrected chi connectivity index (χ1v) is 9.54. The van der Waals surface area contributed by atoms with Gasteiger partial charge in [0.05, 0.1) is 11.6 Å². The minimum atomic E-state index is -0.551. The maximum atomic E-state index is 13.5. The zero-order valence-corrected chi connectivity index (χ0v) is 16.7. The molecule has 0 radical (unpaired) electrons. The minimum Gasteiger partial charge on any atom is -0.334 e. The number of aryl methyl sites for hydroxylation is 1. The highest BCUT2D eigenvalue weighted by molar-refractivity contribution is 5.87. The Kier molecular flexibility index (Phi) is 5.18. The molecule has 0 bridgehead atoms. The molecule has 3 aromatic rings. The number of amides is 2. The van der Waals surface area contributed by atoms with Gasteiger partial charge in [0.15, 0.2) is 0 Å². The van der Waals surface area contributed by atoms with E-state index in [0.717, 1.165) is 11.1 Å². The Morgan fingerprint density at radius 1 is 1.23 bits per heavy atom. The van der Waals surface area contributed by atoms with Crippen molar-refractivity contribution in [2.75, 3.05) is 6.54 Å². The average Bonchev–Trinajstić information content (AvgIpc) is 3.21. The highest BCUT2D eigenvalue weighted by atomic mass is 19.1. The zero-order valence-electron chi connectivity index (χ0n) is 16.7. The molecule has 0 saturated heterocycles. The van der Waals surface area contributed by atoms with E-state index in [9.17, 15) is 9.18 Å². The first-order valence-electron chi connectivity index (χ1n) is 9.54. The molecule has 0 saturated carbocycles. The fourth-order valence-corrected chi connectivity index (χ4v) is 3.55. The SMILES string of the molecule is C=CCN1C(=O)NC(c2ccc(F)cc2)C(c2nc(-c3cccc(C)c3)no2)=C1C. The molecule has 2 amide bonds. The van der Waals surface area contributed by atoms with E-state index in [-0.39, 0.29) is 11.8 Å². The number of aromatic nitrogens is 2. The Morgan fingerprint density at radius 3 is 2.70 bits per heavy atom. The van der Waals surface area contributed by atoms with Crippen molar-refractivity contribution >= 4 is 11.6 Å². The highest BCUT2D eigenvalue weighted by Gasteiger charge is 2.35. The summed E-state index contributed by atoms with van der Waals surface area (Å²) in [4.78, 5) is 18.8. The molecule has 7 heteroatoms. The van der Waals surface area contributed by atoms with E-state index >= 15 is 0 Å². The molecule has 4 rings (SSSR count). The predicted molar refractivity (Wildman–Crippen MR) is 112 cm³/mol. The summed E-state index contributed by atoms with van der Waals surface area (Å²) in [5.41, 5.74) is 3.97. The molecule has 0 fully saturated rings. The second-order valence-corrected chi connectivity index (χ2v) is 7.13. The van der Waals surface area contributed by atoms with Gasteiger partial charge in [-0.3, -0.25) is 4.90 Å². The van der Waals surface area contributed by atoms with Gasteiger partial charge >= 0.3 is 6.03 Å². The predicted octanol–water partition coefficient (Wildman–Crippen LogP) is 4.87. The van der Waals surface area contributed by atoms with Crippen LogP contribution in [0.1, 0.15) is 30.0 Å². The molecule has 152 valence electrons. The van der Waals surface area contributed by atoms with Crippen LogP contribution in [0.15, 0.2) is 71.4 Å². The van der Waals surface area contributed by atoms with Crippen molar-refractivity contribution < 1.29 is 13.7 Å². The maximum absolute atomic E-state index is 13.5. The quantitative estimate of drug-likeness (QED) is 0.616. The number of nitrogens with one attached hydrogen (secondary N) is 1. The molecule has 0 spiro atoms. The van der Waals surface area contributed by atoms with Crippen molar-refractivity contribution in [2.24, 2.45) is 0 Å². The van der Waals surface area contributed by atoms with Crippen molar-refractivity contribution in [1.82, 2.24) is 20.4 Å². The van der Waals surface area contributed by atoms with Gasteiger partial charge in [-0.05, 0) is 37.6 Å². The summed E-state index contributed by atoms with van der Waals surface area (Å²) in [7, 11) is 0. The molecule has 30 heavy (non-hydrogen) atoms. The van der Waals surface area contributed by atoms with Gasteiger partial charge in [-0.2, -0.15) is 4.98 Å². The Hall–Kier alpha value is -3.74. The van der Waals surface area contributed by atoms with E-state index in [1.54, 1.807) is 23.1 Å². The van der Waals surface area contributed by atoms with E-state index in [2.05, 4.69) is 22.0 Å². The van der Waals surface area contributed by atoms with Gasteiger partial charge in [-0.15, -0.1) is 6.58 Å². The standard InChI is InChI=1S/C23H21FN4O2/c1-4-12-28-15(3)19(20(25-23(28)29)16-8-10-18(24)11-9-16)22-26-21(27-30-22)17-7-5-6-14(2)13-17/h4-11,13,20H,1,12H2,2-3H3,(H,25,29). The molecule has 2 heterocycles. The smallest absolute Gasteiger partial charge is 0.322 e. The van der Waals surface area contributed by atoms with Crippen LogP contribution in [-0.2, 0) is 0 Å². The molecule has 1 atom stereocenters. The lowest BCUT2D eigenvalue weighted by Gasteiger charge is -2.34. The Labute approximate surface area is 173 Å². The van der Waals surface area contributed by atoms with Crippen molar-refractivity contribution in [1.29, 1.82) is 0 Å². The normalized spacial score (nSPS) is 16.6. The number of halogens is 1. The van der Waals surface area contributed by atoms with E-state index in [4.69, 9.17) is 4.52 Å². The fraction of sp³-hybridized carbons (Fsp3) is 0.174. The van der Waals surface area contributed by atoms with Crippen molar-refractivity contribution in [3.8, 4) is 11.4 Å². The van der Waals surface area contributed by atoms with Crippen molar-refractivity contribution in [2.45, 2.75) is 19.9 Å². The lowest BCUT2D eigenvalue weighted by atomic mass is 9.94. The molecular weight excluding hydrogens is 383 g/mol. The van der Waals surface area contributed by atoms with Crippen LogP contribution in [0.5, 0.6) is 0 Å². The number of carbonyl (C=O) groups excluding carboxylic acids is 1. The first-order chi connectivity index (χ1) is 14.5. The fourth-order valence-electron chi connectivity index (χ4n) is 3.55. The summed E-state index contributed by atoms with van der Waals surface area (Å²) in [6, 6.07) is 13.0. The summed E-state index contributed by atoms with van der Waals surface area (Å²) >= 11 is 0. The van der Waals surface area contributed by atoms with Gasteiger partial charge in [0.1, 0.15) is 5.82 Å². The van der Waals surface area contributed by atoms with Crippen LogP contribution in [0.3, 0.4) is 0 Å². The van der Waals surface area contributed by atoms with Gasteiger partial charge in [0.2, 0.25) is 5.82 Å². The van der Waals surface area contributed by atoms with Gasteiger partial charge < -0.3 is 9.84 Å². The molecule has 1 N–H and O–H groups in total. The van der Waals surface area contributed by atoms with E-state index < -0.39 is 6.04 Å². The van der Waals surface area contributed by atoms with Gasteiger partial charge in [-0.25, -0.2) is 9.18 Å². The maximum Gasteiger partial charge on any atom is 0.322 e. The summed E-state index contributed by atoms with van der Waals surface area (Å²) in [5, 5.41) is 7.09. The molecule has 6 nitrogen and oxygen atoms in total. The van der Waals surface area contributed by atoms with Crippen LogP contribution in [0.25, 0.3) is 17.0 Å². The lowest BCUT2D eigenvalue weighted by Crippen LogP contribution is -2.46. The Bertz CT molecular complexity index is 1130. The number of hydrogen-bond donors (Lipinski definition) is 1. The second-order valence-electron chi connectivity index (χ2n) is 7.13. The van der Waals surface area contributed by atoms with E-state index in [1.807, 2.05) is 38.1 Å². The highest BCUT2D eigenvalue weighted by Crippen LogP contribution is 2.37. The monoisotopic (exact) mass is 404 g/mol. The average molecular weight is 404 g/mol. The zero-order chi connectivity index (χ0) is 21.3. The van der Waals surface area contributed by atoms with Crippen molar-refractivity contribution in [3.05, 3.63) is 89.7 Å². The third-order valence-electron chi connectivity index (χ3n) is 5.04. The molecule has 1 aliphatic heterocycles. The number of benzene rings is 2. The van der Waals surface area contributed by atoms with E-state index in [1.165, 1.54) is 12.1 Å². The summed E-state index contributed by atoms with van der Waals surface area (Å²) in [6.45, 7) is 7.87. The summed E-state index contributed by atoms with van der Waals surface area (Å²) in [5.74, 6) is 0.405. The van der Waals surface area contributed by atoms with Crippen LogP contribution in [0, 0.1) is 12.7 Å². The minimum absolute atomic E-state index is 0.274. The summed E-state index contributed by atoms with van der Waals surface area (Å²) < 4.78 is 19.1. The topological polar surface area (TPSA) is 71.3 Å². The van der Waals surface area contributed by atoms with Gasteiger partial charge in [0, 0.05) is 17.8 Å². The number of urea groups is 1. The number of carbonyl (C=O) groups is 1. The van der Waals surface area contributed by atoms with E-state index in [0.29, 0.717) is 35.1 Å². The third kappa shape index (κ3) is 3.61. The number of nitrogens with zero attached hydrogens (tertiary/aromatic N) is 3. The second kappa shape index (κ2) is 7.94. The Balaban J connectivity index is 1.82. The third-order valence-corrected chi connectivity index (χ3v) is 5.04. The molecule has 1 aromatic heterocycles. The molecular formula is C23H21FN4O2. The van der Waals surface area contributed by atoms with Crippen LogP contribution in [0.2, 0.25) is 0 Å². The summed E-state index contributed by atoms with van der Waals surface area (Å²) in [6.07, 6.45) is 1.64. The Morgan fingerprint density at radius 2 is 2.00 bits per heavy atom. The van der Waals surface area contributed by atoms with Gasteiger partial charge in [0.25, 0.3) is 5.89 Å². The number of hydrogen-bond acceptors (Lipinski definition) is 4.